The molecular weight excluding hydrogens is 202 g/mol. The second-order valence-electron chi connectivity index (χ2n) is 4.72. The highest BCUT2D eigenvalue weighted by Crippen LogP contribution is 2.26. The van der Waals surface area contributed by atoms with Crippen LogP contribution in [-0.4, -0.2) is 21.5 Å². The average Bonchev–Trinajstić information content (AvgIpc) is 2.61. The third kappa shape index (κ3) is 2.76. The van der Waals surface area contributed by atoms with Gasteiger partial charge in [0.25, 0.3) is 0 Å². The fraction of sp³-hybridized carbons (Fsp3) is 0.750. The Morgan fingerprint density at radius 2 is 2.12 bits per heavy atom. The number of aromatic nitrogens is 2. The first-order valence-electron chi connectivity index (χ1n) is 6.22. The predicted octanol–water partition coefficient (Wildman–Crippen LogP) is 1.58. The minimum absolute atomic E-state index is 0.0920. The van der Waals surface area contributed by atoms with Crippen LogP contribution in [0.15, 0.2) is 6.07 Å². The SMILES string of the molecule is Nc1cc(CC2CCCCC2)nn1CCO. The molecule has 16 heavy (non-hydrogen) atoms. The van der Waals surface area contributed by atoms with Crippen molar-refractivity contribution in [1.82, 2.24) is 9.78 Å². The van der Waals surface area contributed by atoms with Crippen LogP contribution in [0.2, 0.25) is 0 Å². The number of rotatable bonds is 4. The summed E-state index contributed by atoms with van der Waals surface area (Å²) < 4.78 is 1.69. The monoisotopic (exact) mass is 223 g/mol. The first kappa shape index (κ1) is 11.5. The number of anilines is 1. The number of hydrogen-bond donors (Lipinski definition) is 2. The Labute approximate surface area is 96.5 Å². The Morgan fingerprint density at radius 3 is 2.81 bits per heavy atom. The average molecular weight is 223 g/mol. The van der Waals surface area contributed by atoms with Gasteiger partial charge >= 0.3 is 0 Å². The third-order valence-electron chi connectivity index (χ3n) is 3.40. The molecule has 0 bridgehead atoms. The van der Waals surface area contributed by atoms with E-state index in [1.807, 2.05) is 6.07 Å². The van der Waals surface area contributed by atoms with Crippen LogP contribution in [0.5, 0.6) is 0 Å². The summed E-state index contributed by atoms with van der Waals surface area (Å²) in [6.07, 6.45) is 7.80. The van der Waals surface area contributed by atoms with E-state index in [0.717, 1.165) is 18.0 Å². The van der Waals surface area contributed by atoms with Crippen molar-refractivity contribution < 1.29 is 5.11 Å². The molecule has 1 aliphatic rings. The molecule has 1 saturated carbocycles. The van der Waals surface area contributed by atoms with Crippen molar-refractivity contribution in [1.29, 1.82) is 0 Å². The molecule has 3 N–H and O–H groups in total. The number of nitrogen functional groups attached to an aromatic ring is 1. The van der Waals surface area contributed by atoms with Crippen molar-refractivity contribution in [3.8, 4) is 0 Å². The minimum Gasteiger partial charge on any atom is -0.394 e. The van der Waals surface area contributed by atoms with E-state index < -0.39 is 0 Å². The van der Waals surface area contributed by atoms with E-state index in [9.17, 15) is 0 Å². The van der Waals surface area contributed by atoms with Gasteiger partial charge in [0, 0.05) is 6.07 Å². The molecule has 0 spiro atoms. The zero-order valence-corrected chi connectivity index (χ0v) is 9.73. The molecule has 1 aromatic heterocycles. The third-order valence-corrected chi connectivity index (χ3v) is 3.40. The van der Waals surface area contributed by atoms with Gasteiger partial charge in [-0.1, -0.05) is 32.1 Å². The first-order chi connectivity index (χ1) is 7.79. The molecule has 0 radical (unpaired) electrons. The standard InChI is InChI=1S/C12H21N3O/c13-12-9-11(14-15(12)6-7-16)8-10-4-2-1-3-5-10/h9-10,16H,1-8,13H2. The van der Waals surface area contributed by atoms with Crippen LogP contribution in [0.25, 0.3) is 0 Å². The molecular formula is C12H21N3O. The lowest BCUT2D eigenvalue weighted by atomic mass is 9.86. The molecule has 4 nitrogen and oxygen atoms in total. The molecule has 1 aliphatic carbocycles. The first-order valence-corrected chi connectivity index (χ1v) is 6.22. The van der Waals surface area contributed by atoms with Crippen LogP contribution in [0.1, 0.15) is 37.8 Å². The van der Waals surface area contributed by atoms with Gasteiger partial charge in [-0.25, -0.2) is 4.68 Å². The predicted molar refractivity (Wildman–Crippen MR) is 64.0 cm³/mol. The topological polar surface area (TPSA) is 64.1 Å². The highest BCUT2D eigenvalue weighted by atomic mass is 16.3. The number of hydrogen-bond acceptors (Lipinski definition) is 3. The lowest BCUT2D eigenvalue weighted by molar-refractivity contribution is 0.269. The van der Waals surface area contributed by atoms with Crippen molar-refractivity contribution >= 4 is 5.82 Å². The summed E-state index contributed by atoms with van der Waals surface area (Å²) in [6.45, 7) is 0.589. The lowest BCUT2D eigenvalue weighted by Crippen LogP contribution is -2.11. The molecule has 0 amide bonds. The van der Waals surface area contributed by atoms with Gasteiger partial charge in [-0.2, -0.15) is 5.10 Å². The summed E-state index contributed by atoms with van der Waals surface area (Å²) in [5.74, 6) is 1.45. The molecule has 0 atom stereocenters. The van der Waals surface area contributed by atoms with Crippen LogP contribution >= 0.6 is 0 Å². The zero-order valence-electron chi connectivity index (χ0n) is 9.73. The lowest BCUT2D eigenvalue weighted by Gasteiger charge is -2.20. The highest BCUT2D eigenvalue weighted by molar-refractivity contribution is 5.31. The molecule has 0 saturated heterocycles. The summed E-state index contributed by atoms with van der Waals surface area (Å²) in [4.78, 5) is 0. The van der Waals surface area contributed by atoms with Crippen molar-refractivity contribution in [2.24, 2.45) is 5.92 Å². The molecule has 1 aromatic rings. The molecule has 0 aromatic carbocycles. The second kappa shape index (κ2) is 5.34. The van der Waals surface area contributed by atoms with Gasteiger partial charge in [0.05, 0.1) is 18.8 Å². The summed E-state index contributed by atoms with van der Waals surface area (Å²) in [7, 11) is 0. The molecule has 0 unspecified atom stereocenters. The summed E-state index contributed by atoms with van der Waals surface area (Å²) >= 11 is 0. The number of nitrogens with zero attached hydrogens (tertiary/aromatic N) is 2. The van der Waals surface area contributed by atoms with Crippen LogP contribution in [0.4, 0.5) is 5.82 Å². The van der Waals surface area contributed by atoms with Crippen molar-refractivity contribution in [3.05, 3.63) is 11.8 Å². The van der Waals surface area contributed by atoms with E-state index in [1.165, 1.54) is 32.1 Å². The van der Waals surface area contributed by atoms with Crippen LogP contribution < -0.4 is 5.73 Å². The van der Waals surface area contributed by atoms with Crippen molar-refractivity contribution in [3.63, 3.8) is 0 Å². The maximum absolute atomic E-state index is 8.86. The highest BCUT2D eigenvalue weighted by Gasteiger charge is 2.16. The Hall–Kier alpha value is -1.03. The Kier molecular flexibility index (Phi) is 3.83. The van der Waals surface area contributed by atoms with Crippen LogP contribution in [0, 0.1) is 5.92 Å². The van der Waals surface area contributed by atoms with Crippen molar-refractivity contribution in [2.75, 3.05) is 12.3 Å². The molecule has 90 valence electrons. The molecule has 1 heterocycles. The largest absolute Gasteiger partial charge is 0.394 e. The Morgan fingerprint density at radius 1 is 1.38 bits per heavy atom. The number of aliphatic hydroxyl groups is 1. The van der Waals surface area contributed by atoms with Gasteiger partial charge in [-0.05, 0) is 12.3 Å². The quantitative estimate of drug-likeness (QED) is 0.814. The van der Waals surface area contributed by atoms with Gasteiger partial charge in [0.1, 0.15) is 5.82 Å². The maximum Gasteiger partial charge on any atom is 0.122 e. The van der Waals surface area contributed by atoms with Gasteiger partial charge < -0.3 is 10.8 Å². The molecule has 2 rings (SSSR count). The fourth-order valence-corrected chi connectivity index (χ4v) is 2.55. The Balaban J connectivity index is 1.95. The molecule has 0 aliphatic heterocycles. The maximum atomic E-state index is 8.86. The van der Waals surface area contributed by atoms with Gasteiger partial charge in [-0.3, -0.25) is 0 Å². The zero-order chi connectivity index (χ0) is 11.4. The van der Waals surface area contributed by atoms with Gasteiger partial charge in [0.2, 0.25) is 0 Å². The summed E-state index contributed by atoms with van der Waals surface area (Å²) in [5.41, 5.74) is 6.90. The van der Waals surface area contributed by atoms with E-state index in [2.05, 4.69) is 5.10 Å². The van der Waals surface area contributed by atoms with Gasteiger partial charge in [0.15, 0.2) is 0 Å². The fourth-order valence-electron chi connectivity index (χ4n) is 2.55. The minimum atomic E-state index is 0.0920. The Bertz CT molecular complexity index is 329. The van der Waals surface area contributed by atoms with Crippen molar-refractivity contribution in [2.45, 2.75) is 45.1 Å². The van der Waals surface area contributed by atoms with Crippen LogP contribution in [-0.2, 0) is 13.0 Å². The number of aliphatic hydroxyl groups excluding tert-OH is 1. The number of nitrogens with two attached hydrogens (primary N) is 1. The summed E-state index contributed by atoms with van der Waals surface area (Å²) in [6, 6.07) is 1.95. The molecule has 1 fully saturated rings. The molecule has 4 heteroatoms. The van der Waals surface area contributed by atoms with Crippen LogP contribution in [0.3, 0.4) is 0 Å². The van der Waals surface area contributed by atoms with E-state index in [4.69, 9.17) is 10.8 Å². The second-order valence-corrected chi connectivity index (χ2v) is 4.72. The van der Waals surface area contributed by atoms with E-state index in [-0.39, 0.29) is 6.61 Å². The normalized spacial score (nSPS) is 17.8. The van der Waals surface area contributed by atoms with E-state index >= 15 is 0 Å². The van der Waals surface area contributed by atoms with E-state index in [0.29, 0.717) is 12.4 Å². The van der Waals surface area contributed by atoms with Gasteiger partial charge in [-0.15, -0.1) is 0 Å². The summed E-state index contributed by atoms with van der Waals surface area (Å²) in [5, 5.41) is 13.3. The van der Waals surface area contributed by atoms with E-state index in [1.54, 1.807) is 4.68 Å². The smallest absolute Gasteiger partial charge is 0.122 e.